The highest BCUT2D eigenvalue weighted by Gasteiger charge is 2.38. The van der Waals surface area contributed by atoms with E-state index in [0.29, 0.717) is 5.92 Å². The fourth-order valence-electron chi connectivity index (χ4n) is 4.00. The summed E-state index contributed by atoms with van der Waals surface area (Å²) in [6.07, 6.45) is 3.84. The van der Waals surface area contributed by atoms with Crippen LogP contribution in [0.15, 0.2) is 35.3 Å². The Balaban J connectivity index is 0.00000261. The Hall–Kier alpha value is -0.860. The van der Waals surface area contributed by atoms with Crippen molar-refractivity contribution in [3.63, 3.8) is 0 Å². The van der Waals surface area contributed by atoms with Gasteiger partial charge in [-0.3, -0.25) is 9.89 Å². The molecule has 0 aromatic heterocycles. The molecule has 1 aliphatic carbocycles. The predicted octanol–water partition coefficient (Wildman–Crippen LogP) is 2.86. The second-order valence-corrected chi connectivity index (χ2v) is 7.82. The third-order valence-corrected chi connectivity index (χ3v) is 5.81. The highest BCUT2D eigenvalue weighted by atomic mass is 127. The van der Waals surface area contributed by atoms with Gasteiger partial charge in [0.25, 0.3) is 0 Å². The van der Waals surface area contributed by atoms with Crippen LogP contribution in [0.4, 0.5) is 0 Å². The quantitative estimate of drug-likeness (QED) is 0.354. The van der Waals surface area contributed by atoms with Crippen molar-refractivity contribution >= 4 is 29.9 Å². The number of rotatable bonds is 7. The molecule has 1 saturated carbocycles. The Morgan fingerprint density at radius 2 is 1.89 bits per heavy atom. The smallest absolute Gasteiger partial charge is 0.191 e. The first kappa shape index (κ1) is 22.4. The van der Waals surface area contributed by atoms with Crippen LogP contribution in [0.5, 0.6) is 0 Å². The number of nitrogens with zero attached hydrogens (tertiary/aromatic N) is 2. The molecule has 1 heterocycles. The van der Waals surface area contributed by atoms with Gasteiger partial charge in [0.05, 0.1) is 13.2 Å². The van der Waals surface area contributed by atoms with Crippen LogP contribution in [0.25, 0.3) is 0 Å². The Kier molecular flexibility index (Phi) is 9.32. The van der Waals surface area contributed by atoms with Crippen molar-refractivity contribution in [3.8, 4) is 0 Å². The summed E-state index contributed by atoms with van der Waals surface area (Å²) in [5.74, 6) is 1.50. The Morgan fingerprint density at radius 1 is 1.19 bits per heavy atom. The summed E-state index contributed by atoms with van der Waals surface area (Å²) in [6, 6.07) is 10.9. The zero-order valence-corrected chi connectivity index (χ0v) is 19.1. The molecule has 0 bridgehead atoms. The summed E-state index contributed by atoms with van der Waals surface area (Å²) in [7, 11) is 1.86. The van der Waals surface area contributed by atoms with Gasteiger partial charge in [0.1, 0.15) is 0 Å². The number of hydrogen-bond acceptors (Lipinski definition) is 3. The third-order valence-electron chi connectivity index (χ3n) is 5.81. The van der Waals surface area contributed by atoms with E-state index in [9.17, 15) is 0 Å². The van der Waals surface area contributed by atoms with Gasteiger partial charge in [0, 0.05) is 45.2 Å². The molecule has 1 aromatic carbocycles. The topological polar surface area (TPSA) is 48.9 Å². The molecular formula is C21H35IN4O. The first-order valence-corrected chi connectivity index (χ1v) is 10.0. The van der Waals surface area contributed by atoms with Crippen LogP contribution in [0, 0.1) is 5.92 Å². The van der Waals surface area contributed by atoms with Gasteiger partial charge >= 0.3 is 0 Å². The number of halogens is 1. The van der Waals surface area contributed by atoms with E-state index in [1.807, 2.05) is 7.05 Å². The van der Waals surface area contributed by atoms with Crippen LogP contribution in [-0.4, -0.2) is 63.8 Å². The average molecular weight is 486 g/mol. The van der Waals surface area contributed by atoms with Crippen LogP contribution in [0.3, 0.4) is 0 Å². The van der Waals surface area contributed by atoms with Crippen LogP contribution >= 0.6 is 24.0 Å². The van der Waals surface area contributed by atoms with Crippen molar-refractivity contribution in [2.45, 2.75) is 31.6 Å². The number of aliphatic imine (C=N–C) groups is 1. The molecule has 2 aliphatic rings. The van der Waals surface area contributed by atoms with E-state index in [2.05, 4.69) is 57.8 Å². The molecule has 5 nitrogen and oxygen atoms in total. The zero-order valence-electron chi connectivity index (χ0n) is 16.7. The summed E-state index contributed by atoms with van der Waals surface area (Å²) in [5, 5.41) is 7.09. The maximum atomic E-state index is 5.43. The standard InChI is InChI=1S/C21H34N4O.HI/c1-18(16-25-11-13-26-14-12-25)15-23-20(22-2)24-17-21(9-6-10-21)19-7-4-3-5-8-19;/h3-5,7-8,18H,6,9-17H2,1-2H3,(H2,22,23,24);1H. The molecule has 0 amide bonds. The lowest BCUT2D eigenvalue weighted by atomic mass is 9.64. The van der Waals surface area contributed by atoms with E-state index < -0.39 is 0 Å². The van der Waals surface area contributed by atoms with E-state index in [0.717, 1.165) is 51.9 Å². The predicted molar refractivity (Wildman–Crippen MR) is 123 cm³/mol. The third kappa shape index (κ3) is 6.32. The lowest BCUT2D eigenvalue weighted by Crippen LogP contribution is -2.50. The van der Waals surface area contributed by atoms with Crippen LogP contribution < -0.4 is 10.6 Å². The molecule has 1 atom stereocenters. The van der Waals surface area contributed by atoms with E-state index >= 15 is 0 Å². The molecule has 0 spiro atoms. The molecule has 2 N–H and O–H groups in total. The van der Waals surface area contributed by atoms with Gasteiger partial charge in [-0.1, -0.05) is 43.7 Å². The number of hydrogen-bond donors (Lipinski definition) is 2. The van der Waals surface area contributed by atoms with Gasteiger partial charge in [0.2, 0.25) is 0 Å². The molecule has 1 unspecified atom stereocenters. The van der Waals surface area contributed by atoms with Gasteiger partial charge < -0.3 is 15.4 Å². The van der Waals surface area contributed by atoms with E-state index in [-0.39, 0.29) is 29.4 Å². The lowest BCUT2D eigenvalue weighted by Gasteiger charge is -2.43. The summed E-state index contributed by atoms with van der Waals surface area (Å²) in [4.78, 5) is 6.91. The Morgan fingerprint density at radius 3 is 2.48 bits per heavy atom. The van der Waals surface area contributed by atoms with Crippen molar-refractivity contribution in [1.29, 1.82) is 0 Å². The van der Waals surface area contributed by atoms with Crippen molar-refractivity contribution in [2.75, 3.05) is 53.0 Å². The monoisotopic (exact) mass is 486 g/mol. The van der Waals surface area contributed by atoms with Gasteiger partial charge in [-0.05, 0) is 24.3 Å². The lowest BCUT2D eigenvalue weighted by molar-refractivity contribution is 0.0320. The molecule has 3 rings (SSSR count). The first-order valence-electron chi connectivity index (χ1n) is 10.0. The normalized spacial score (nSPS) is 20.9. The highest BCUT2D eigenvalue weighted by molar-refractivity contribution is 14.0. The summed E-state index contributed by atoms with van der Waals surface area (Å²) in [5.41, 5.74) is 1.73. The highest BCUT2D eigenvalue weighted by Crippen LogP contribution is 2.43. The molecule has 1 saturated heterocycles. The molecular weight excluding hydrogens is 451 g/mol. The van der Waals surface area contributed by atoms with Crippen molar-refractivity contribution in [2.24, 2.45) is 10.9 Å². The summed E-state index contributed by atoms with van der Waals surface area (Å²) in [6.45, 7) is 9.14. The number of ether oxygens (including phenoxy) is 1. The second-order valence-electron chi connectivity index (χ2n) is 7.82. The van der Waals surface area contributed by atoms with E-state index in [4.69, 9.17) is 4.74 Å². The minimum Gasteiger partial charge on any atom is -0.379 e. The van der Waals surface area contributed by atoms with Crippen molar-refractivity contribution < 1.29 is 4.74 Å². The second kappa shape index (κ2) is 11.2. The minimum absolute atomic E-state index is 0. The summed E-state index contributed by atoms with van der Waals surface area (Å²) >= 11 is 0. The number of morpholine rings is 1. The van der Waals surface area contributed by atoms with Crippen LogP contribution in [0.2, 0.25) is 0 Å². The SMILES string of the molecule is CN=C(NCC(C)CN1CCOCC1)NCC1(c2ccccc2)CCC1.I. The minimum atomic E-state index is 0. The molecule has 27 heavy (non-hydrogen) atoms. The molecule has 1 aliphatic heterocycles. The average Bonchev–Trinajstić information content (AvgIpc) is 2.65. The molecule has 0 radical (unpaired) electrons. The molecule has 2 fully saturated rings. The van der Waals surface area contributed by atoms with Gasteiger partial charge in [-0.2, -0.15) is 0 Å². The van der Waals surface area contributed by atoms with Crippen LogP contribution in [-0.2, 0) is 10.2 Å². The molecule has 1 aromatic rings. The number of benzene rings is 1. The molecule has 152 valence electrons. The first-order chi connectivity index (χ1) is 12.7. The Bertz CT molecular complexity index is 571. The summed E-state index contributed by atoms with van der Waals surface area (Å²) < 4.78 is 5.43. The largest absolute Gasteiger partial charge is 0.379 e. The fourth-order valence-corrected chi connectivity index (χ4v) is 4.00. The fraction of sp³-hybridized carbons (Fsp3) is 0.667. The van der Waals surface area contributed by atoms with Gasteiger partial charge in [-0.15, -0.1) is 24.0 Å². The maximum absolute atomic E-state index is 5.43. The zero-order chi connectivity index (χ0) is 18.2. The van der Waals surface area contributed by atoms with Crippen molar-refractivity contribution in [3.05, 3.63) is 35.9 Å². The van der Waals surface area contributed by atoms with E-state index in [1.54, 1.807) is 0 Å². The van der Waals surface area contributed by atoms with Gasteiger partial charge in [-0.25, -0.2) is 0 Å². The van der Waals surface area contributed by atoms with E-state index in [1.165, 1.54) is 24.8 Å². The number of nitrogens with one attached hydrogen (secondary N) is 2. The number of guanidine groups is 1. The maximum Gasteiger partial charge on any atom is 0.191 e. The molecule has 6 heteroatoms. The van der Waals surface area contributed by atoms with Crippen LogP contribution in [0.1, 0.15) is 31.7 Å². The van der Waals surface area contributed by atoms with Crippen molar-refractivity contribution in [1.82, 2.24) is 15.5 Å². The Labute approximate surface area is 181 Å². The van der Waals surface area contributed by atoms with Gasteiger partial charge in [0.15, 0.2) is 5.96 Å².